The van der Waals surface area contributed by atoms with Crippen molar-refractivity contribution >= 4 is 5.78 Å². The van der Waals surface area contributed by atoms with Crippen LogP contribution in [0.4, 0.5) is 0 Å². The predicted octanol–water partition coefficient (Wildman–Crippen LogP) is 2.03. The number of ether oxygens (including phenoxy) is 1. The molecule has 1 rings (SSSR count). The summed E-state index contributed by atoms with van der Waals surface area (Å²) >= 11 is 0. The molecule has 2 heteroatoms. The molecule has 0 saturated heterocycles. The van der Waals surface area contributed by atoms with E-state index >= 15 is 0 Å². The minimum absolute atomic E-state index is 0.201. The molecule has 2 unspecified atom stereocenters. The maximum absolute atomic E-state index is 11.3. The highest BCUT2D eigenvalue weighted by Crippen LogP contribution is 2.43. The van der Waals surface area contributed by atoms with Crippen LogP contribution in [0.15, 0.2) is 0 Å². The molecule has 1 saturated carbocycles. The first kappa shape index (κ1) is 9.72. The van der Waals surface area contributed by atoms with Crippen LogP contribution >= 0.6 is 0 Å². The molecule has 70 valence electrons. The van der Waals surface area contributed by atoms with Crippen LogP contribution in [0, 0.1) is 11.3 Å². The molecule has 0 aromatic rings. The van der Waals surface area contributed by atoms with Crippen LogP contribution in [0.5, 0.6) is 0 Å². The Kier molecular flexibility index (Phi) is 2.89. The van der Waals surface area contributed by atoms with Gasteiger partial charge in [0.05, 0.1) is 0 Å². The van der Waals surface area contributed by atoms with Gasteiger partial charge in [-0.05, 0) is 18.3 Å². The Morgan fingerprint density at radius 2 is 2.33 bits per heavy atom. The molecule has 0 spiro atoms. The SMILES string of the molecule is COCCC1(C)CCC(=O)C1C. The van der Waals surface area contributed by atoms with E-state index in [1.165, 1.54) is 0 Å². The number of carbonyl (C=O) groups excluding carboxylic acids is 1. The number of Topliss-reactive ketones (excluding diaryl/α,β-unsaturated/α-hetero) is 1. The summed E-state index contributed by atoms with van der Waals surface area (Å²) in [4.78, 5) is 11.3. The van der Waals surface area contributed by atoms with Gasteiger partial charge < -0.3 is 4.74 Å². The second-order valence-electron chi connectivity index (χ2n) is 4.08. The molecule has 1 aliphatic carbocycles. The second-order valence-corrected chi connectivity index (χ2v) is 4.08. The van der Waals surface area contributed by atoms with E-state index < -0.39 is 0 Å². The average Bonchev–Trinajstić information content (AvgIpc) is 2.31. The topological polar surface area (TPSA) is 26.3 Å². The zero-order valence-electron chi connectivity index (χ0n) is 8.22. The van der Waals surface area contributed by atoms with Crippen LogP contribution in [-0.2, 0) is 9.53 Å². The Balaban J connectivity index is 2.53. The average molecular weight is 170 g/mol. The van der Waals surface area contributed by atoms with E-state index in [0.717, 1.165) is 25.9 Å². The van der Waals surface area contributed by atoms with E-state index in [9.17, 15) is 4.79 Å². The molecule has 0 radical (unpaired) electrons. The van der Waals surface area contributed by atoms with Crippen LogP contribution in [0.25, 0.3) is 0 Å². The van der Waals surface area contributed by atoms with Crippen LogP contribution < -0.4 is 0 Å². The Bertz CT molecular complexity index is 177. The van der Waals surface area contributed by atoms with Gasteiger partial charge in [0.25, 0.3) is 0 Å². The van der Waals surface area contributed by atoms with Gasteiger partial charge in [-0.25, -0.2) is 0 Å². The van der Waals surface area contributed by atoms with E-state index in [4.69, 9.17) is 4.74 Å². The van der Waals surface area contributed by atoms with E-state index in [1.807, 2.05) is 6.92 Å². The molecule has 0 aromatic heterocycles. The summed E-state index contributed by atoms with van der Waals surface area (Å²) in [6.07, 6.45) is 2.81. The fraction of sp³-hybridized carbons (Fsp3) is 0.900. The minimum atomic E-state index is 0.201. The molecule has 0 aliphatic heterocycles. The lowest BCUT2D eigenvalue weighted by molar-refractivity contribution is -0.121. The number of rotatable bonds is 3. The molecule has 0 heterocycles. The van der Waals surface area contributed by atoms with Crippen molar-refractivity contribution in [1.82, 2.24) is 0 Å². The number of carbonyl (C=O) groups is 1. The van der Waals surface area contributed by atoms with Crippen molar-refractivity contribution in [3.63, 3.8) is 0 Å². The third-order valence-corrected chi connectivity index (χ3v) is 3.35. The fourth-order valence-electron chi connectivity index (χ4n) is 1.91. The predicted molar refractivity (Wildman–Crippen MR) is 48.0 cm³/mol. The van der Waals surface area contributed by atoms with Crippen molar-refractivity contribution in [3.8, 4) is 0 Å². The van der Waals surface area contributed by atoms with Gasteiger partial charge in [-0.1, -0.05) is 13.8 Å². The first-order valence-electron chi connectivity index (χ1n) is 4.62. The van der Waals surface area contributed by atoms with Crippen LogP contribution in [-0.4, -0.2) is 19.5 Å². The summed E-state index contributed by atoms with van der Waals surface area (Å²) in [5.74, 6) is 0.654. The molecule has 12 heavy (non-hydrogen) atoms. The maximum Gasteiger partial charge on any atom is 0.136 e. The molecule has 1 aliphatic rings. The number of hydrogen-bond donors (Lipinski definition) is 0. The second kappa shape index (κ2) is 3.56. The van der Waals surface area contributed by atoms with Crippen molar-refractivity contribution in [3.05, 3.63) is 0 Å². The van der Waals surface area contributed by atoms with Gasteiger partial charge in [-0.3, -0.25) is 4.79 Å². The maximum atomic E-state index is 11.3. The Morgan fingerprint density at radius 1 is 1.67 bits per heavy atom. The normalized spacial score (nSPS) is 35.9. The quantitative estimate of drug-likeness (QED) is 0.647. The van der Waals surface area contributed by atoms with Crippen LogP contribution in [0.2, 0.25) is 0 Å². The third-order valence-electron chi connectivity index (χ3n) is 3.35. The van der Waals surface area contributed by atoms with Crippen molar-refractivity contribution < 1.29 is 9.53 Å². The van der Waals surface area contributed by atoms with E-state index in [2.05, 4.69) is 6.92 Å². The lowest BCUT2D eigenvalue weighted by atomic mass is 9.78. The van der Waals surface area contributed by atoms with Gasteiger partial charge in [0.15, 0.2) is 0 Å². The summed E-state index contributed by atoms with van der Waals surface area (Å²) in [5.41, 5.74) is 0.201. The van der Waals surface area contributed by atoms with E-state index in [1.54, 1.807) is 7.11 Å². The van der Waals surface area contributed by atoms with Gasteiger partial charge >= 0.3 is 0 Å². The monoisotopic (exact) mass is 170 g/mol. The van der Waals surface area contributed by atoms with Crippen LogP contribution in [0.3, 0.4) is 0 Å². The highest BCUT2D eigenvalue weighted by Gasteiger charge is 2.40. The Labute approximate surface area is 74.3 Å². The van der Waals surface area contributed by atoms with Crippen molar-refractivity contribution in [2.45, 2.75) is 33.1 Å². The first-order chi connectivity index (χ1) is 5.60. The van der Waals surface area contributed by atoms with Crippen LogP contribution in [0.1, 0.15) is 33.1 Å². The Morgan fingerprint density at radius 3 is 2.75 bits per heavy atom. The lowest BCUT2D eigenvalue weighted by Crippen LogP contribution is -2.24. The zero-order valence-corrected chi connectivity index (χ0v) is 8.22. The molecule has 2 nitrogen and oxygen atoms in total. The highest BCUT2D eigenvalue weighted by molar-refractivity contribution is 5.83. The first-order valence-corrected chi connectivity index (χ1v) is 4.62. The summed E-state index contributed by atoms with van der Waals surface area (Å²) in [6.45, 7) is 5.01. The van der Waals surface area contributed by atoms with Crippen molar-refractivity contribution in [2.24, 2.45) is 11.3 Å². The molecule has 0 amide bonds. The Hall–Kier alpha value is -0.370. The van der Waals surface area contributed by atoms with Gasteiger partial charge in [0.1, 0.15) is 5.78 Å². The molecule has 1 fully saturated rings. The number of ketones is 1. The number of methoxy groups -OCH3 is 1. The fourth-order valence-corrected chi connectivity index (χ4v) is 1.91. The molecule has 2 atom stereocenters. The summed E-state index contributed by atoms with van der Waals surface area (Å²) in [5, 5.41) is 0. The molecule has 0 bridgehead atoms. The largest absolute Gasteiger partial charge is 0.385 e. The molecular formula is C10H18O2. The van der Waals surface area contributed by atoms with Crippen molar-refractivity contribution in [2.75, 3.05) is 13.7 Å². The third kappa shape index (κ3) is 1.69. The molecular weight excluding hydrogens is 152 g/mol. The highest BCUT2D eigenvalue weighted by atomic mass is 16.5. The number of hydrogen-bond acceptors (Lipinski definition) is 2. The van der Waals surface area contributed by atoms with Gasteiger partial charge in [0.2, 0.25) is 0 Å². The van der Waals surface area contributed by atoms with E-state index in [-0.39, 0.29) is 11.3 Å². The smallest absolute Gasteiger partial charge is 0.136 e. The zero-order chi connectivity index (χ0) is 9.19. The van der Waals surface area contributed by atoms with E-state index in [0.29, 0.717) is 5.78 Å². The van der Waals surface area contributed by atoms with Gasteiger partial charge in [-0.2, -0.15) is 0 Å². The summed E-state index contributed by atoms with van der Waals surface area (Å²) < 4.78 is 5.04. The molecule has 0 aromatic carbocycles. The summed E-state index contributed by atoms with van der Waals surface area (Å²) in [6, 6.07) is 0. The minimum Gasteiger partial charge on any atom is -0.385 e. The lowest BCUT2D eigenvalue weighted by Gasteiger charge is -2.27. The van der Waals surface area contributed by atoms with Gasteiger partial charge in [0, 0.05) is 26.1 Å². The summed E-state index contributed by atoms with van der Waals surface area (Å²) in [7, 11) is 1.71. The standard InChI is InChI=1S/C10H18O2/c1-8-9(11)4-5-10(8,2)6-7-12-3/h8H,4-7H2,1-3H3. The molecule has 0 N–H and O–H groups in total. The van der Waals surface area contributed by atoms with Gasteiger partial charge in [-0.15, -0.1) is 0 Å². The van der Waals surface area contributed by atoms with Crippen molar-refractivity contribution in [1.29, 1.82) is 0 Å².